The van der Waals surface area contributed by atoms with Crippen molar-refractivity contribution in [3.63, 3.8) is 0 Å². The summed E-state index contributed by atoms with van der Waals surface area (Å²) in [6.45, 7) is 17.1. The number of hydrogen-bond acceptors (Lipinski definition) is 6. The first-order valence-corrected chi connectivity index (χ1v) is 16.4. The highest BCUT2D eigenvalue weighted by Crippen LogP contribution is 2.36. The number of esters is 1. The van der Waals surface area contributed by atoms with Gasteiger partial charge in [-0.05, 0) is 110 Å². The third kappa shape index (κ3) is 11.3. The van der Waals surface area contributed by atoms with Gasteiger partial charge >= 0.3 is 5.97 Å². The van der Waals surface area contributed by atoms with Crippen LogP contribution in [0, 0.1) is 12.8 Å². The Kier molecular flexibility index (Phi) is 15.2. The molecular weight excluding hydrogens is 576 g/mol. The van der Waals surface area contributed by atoms with Crippen molar-refractivity contribution in [3.05, 3.63) is 101 Å². The first-order valence-electron chi connectivity index (χ1n) is 16.4. The maximum Gasteiger partial charge on any atom is 0.333 e. The number of rotatable bonds is 20. The number of benzene rings is 3. The van der Waals surface area contributed by atoms with Crippen LogP contribution in [0.2, 0.25) is 0 Å². The molecular formula is C40H52O6. The van der Waals surface area contributed by atoms with Crippen molar-refractivity contribution < 1.29 is 29.2 Å². The van der Waals surface area contributed by atoms with Gasteiger partial charge in [-0.2, -0.15) is 0 Å². The van der Waals surface area contributed by atoms with Gasteiger partial charge in [0.15, 0.2) is 0 Å². The molecule has 0 aromatic heterocycles. The Morgan fingerprint density at radius 2 is 1.41 bits per heavy atom. The van der Waals surface area contributed by atoms with Crippen LogP contribution in [0.1, 0.15) is 62.3 Å². The molecule has 0 aliphatic heterocycles. The van der Waals surface area contributed by atoms with Gasteiger partial charge in [0.05, 0.1) is 19.8 Å². The molecule has 3 aromatic carbocycles. The van der Waals surface area contributed by atoms with Crippen LogP contribution in [0.5, 0.6) is 5.75 Å². The van der Waals surface area contributed by atoms with Crippen molar-refractivity contribution in [2.24, 2.45) is 5.92 Å². The Hall–Kier alpha value is -3.71. The summed E-state index contributed by atoms with van der Waals surface area (Å²) < 4.78 is 17.7. The topological polar surface area (TPSA) is 85.2 Å². The van der Waals surface area contributed by atoms with E-state index in [-0.39, 0.29) is 31.7 Å². The standard InChI is InChI=1S/C40H52O6/c1-7-32-22-34(33-14-12-30(6)13-15-33)16-17-38(32)37-23-35(10-8-19-44-27-28(2)3)39(45-21-18-31(25-41)26-42)36(24-37)11-9-20-46-40(43)29(4)5/h12-17,22-24,31,41-42H,2,4,7-11,18-21,25-27H2,1,3,5-6H3. The van der Waals surface area contributed by atoms with Gasteiger partial charge in [-0.1, -0.05) is 73.7 Å². The van der Waals surface area contributed by atoms with Crippen LogP contribution < -0.4 is 4.74 Å². The fourth-order valence-corrected chi connectivity index (χ4v) is 5.29. The third-order valence-electron chi connectivity index (χ3n) is 7.97. The average molecular weight is 629 g/mol. The molecule has 0 spiro atoms. The number of aliphatic hydroxyl groups excluding tert-OH is 2. The Bertz CT molecular complexity index is 1430. The lowest BCUT2D eigenvalue weighted by Gasteiger charge is -2.21. The van der Waals surface area contributed by atoms with E-state index in [0.717, 1.165) is 47.3 Å². The van der Waals surface area contributed by atoms with Gasteiger partial charge in [-0.15, -0.1) is 0 Å². The average Bonchev–Trinajstić information content (AvgIpc) is 3.05. The van der Waals surface area contributed by atoms with Gasteiger partial charge in [-0.3, -0.25) is 0 Å². The second kappa shape index (κ2) is 19.1. The first kappa shape index (κ1) is 36.8. The lowest BCUT2D eigenvalue weighted by atomic mass is 9.90. The summed E-state index contributed by atoms with van der Waals surface area (Å²) in [4.78, 5) is 12.0. The normalized spacial score (nSPS) is 11.1. The number of ether oxygens (including phenoxy) is 3. The lowest BCUT2D eigenvalue weighted by molar-refractivity contribution is -0.139. The van der Waals surface area contributed by atoms with Crippen LogP contribution in [0.15, 0.2) is 78.9 Å². The Morgan fingerprint density at radius 3 is 2.00 bits per heavy atom. The molecule has 46 heavy (non-hydrogen) atoms. The number of hydrogen-bond donors (Lipinski definition) is 2. The molecule has 0 atom stereocenters. The zero-order valence-corrected chi connectivity index (χ0v) is 28.2. The summed E-state index contributed by atoms with van der Waals surface area (Å²) in [5.41, 5.74) is 10.7. The van der Waals surface area contributed by atoms with E-state index in [2.05, 4.69) is 81.6 Å². The first-order chi connectivity index (χ1) is 22.2. The molecule has 248 valence electrons. The van der Waals surface area contributed by atoms with E-state index in [1.165, 1.54) is 27.8 Å². The zero-order chi connectivity index (χ0) is 33.5. The van der Waals surface area contributed by atoms with Crippen molar-refractivity contribution in [1.29, 1.82) is 0 Å². The van der Waals surface area contributed by atoms with Gasteiger partial charge in [-0.25, -0.2) is 4.79 Å². The molecule has 0 saturated heterocycles. The second-order valence-corrected chi connectivity index (χ2v) is 12.2. The molecule has 0 unspecified atom stereocenters. The Balaban J connectivity index is 2.01. The molecule has 3 rings (SSSR count). The van der Waals surface area contributed by atoms with Crippen molar-refractivity contribution in [3.8, 4) is 28.0 Å². The number of carbonyl (C=O) groups is 1. The van der Waals surface area contributed by atoms with Crippen molar-refractivity contribution >= 4 is 5.97 Å². The van der Waals surface area contributed by atoms with Crippen LogP contribution in [-0.4, -0.2) is 55.8 Å². The number of carbonyl (C=O) groups excluding carboxylic acids is 1. The minimum absolute atomic E-state index is 0.0922. The van der Waals surface area contributed by atoms with Gasteiger partial charge in [0, 0.05) is 31.3 Å². The fraction of sp³-hybridized carbons (Fsp3) is 0.425. The maximum absolute atomic E-state index is 12.0. The molecule has 0 bridgehead atoms. The minimum atomic E-state index is -0.388. The molecule has 0 aliphatic carbocycles. The molecule has 3 aromatic rings. The molecule has 2 N–H and O–H groups in total. The Labute approximate surface area is 275 Å². The minimum Gasteiger partial charge on any atom is -0.493 e. The molecule has 0 saturated carbocycles. The van der Waals surface area contributed by atoms with Gasteiger partial charge in [0.2, 0.25) is 0 Å². The largest absolute Gasteiger partial charge is 0.493 e. The Morgan fingerprint density at radius 1 is 0.804 bits per heavy atom. The molecule has 0 amide bonds. The summed E-state index contributed by atoms with van der Waals surface area (Å²) in [5.74, 6) is 0.197. The summed E-state index contributed by atoms with van der Waals surface area (Å²) >= 11 is 0. The number of aliphatic hydroxyl groups is 2. The summed E-state index contributed by atoms with van der Waals surface area (Å²) in [5, 5.41) is 19.2. The number of aryl methyl sites for hydroxylation is 4. The third-order valence-corrected chi connectivity index (χ3v) is 7.97. The van der Waals surface area contributed by atoms with E-state index in [1.54, 1.807) is 6.92 Å². The van der Waals surface area contributed by atoms with Crippen LogP contribution >= 0.6 is 0 Å². The van der Waals surface area contributed by atoms with Crippen LogP contribution in [0.3, 0.4) is 0 Å². The second-order valence-electron chi connectivity index (χ2n) is 12.2. The monoisotopic (exact) mass is 628 g/mol. The van der Waals surface area contributed by atoms with Gasteiger partial charge < -0.3 is 24.4 Å². The predicted octanol–water partition coefficient (Wildman–Crippen LogP) is 7.84. The summed E-state index contributed by atoms with van der Waals surface area (Å²) in [7, 11) is 0. The molecule has 0 aliphatic rings. The zero-order valence-electron chi connectivity index (χ0n) is 28.2. The van der Waals surface area contributed by atoms with Crippen molar-refractivity contribution in [1.82, 2.24) is 0 Å². The smallest absolute Gasteiger partial charge is 0.333 e. The van der Waals surface area contributed by atoms with E-state index in [4.69, 9.17) is 14.2 Å². The van der Waals surface area contributed by atoms with Gasteiger partial charge in [0.25, 0.3) is 0 Å². The fourth-order valence-electron chi connectivity index (χ4n) is 5.29. The van der Waals surface area contributed by atoms with Crippen molar-refractivity contribution in [2.45, 2.75) is 66.2 Å². The predicted molar refractivity (Wildman–Crippen MR) is 187 cm³/mol. The van der Waals surface area contributed by atoms with Gasteiger partial charge in [0.1, 0.15) is 5.75 Å². The SMILES string of the molecule is C=C(C)COCCCc1cc(-c2ccc(-c3ccc(C)cc3)cc2CC)cc(CCCOC(=O)C(=C)C)c1OCCC(CO)CO. The van der Waals surface area contributed by atoms with E-state index in [9.17, 15) is 15.0 Å². The maximum atomic E-state index is 12.0. The van der Waals surface area contributed by atoms with E-state index in [0.29, 0.717) is 44.7 Å². The van der Waals surface area contributed by atoms with Crippen molar-refractivity contribution in [2.75, 3.05) is 39.6 Å². The highest BCUT2D eigenvalue weighted by Gasteiger charge is 2.17. The van der Waals surface area contributed by atoms with Crippen LogP contribution in [0.25, 0.3) is 22.3 Å². The molecule has 0 radical (unpaired) electrons. The lowest BCUT2D eigenvalue weighted by Crippen LogP contribution is -2.16. The highest BCUT2D eigenvalue weighted by atomic mass is 16.5. The summed E-state index contributed by atoms with van der Waals surface area (Å²) in [6, 6.07) is 19.7. The molecule has 6 nitrogen and oxygen atoms in total. The molecule has 6 heteroatoms. The molecule has 0 fully saturated rings. The highest BCUT2D eigenvalue weighted by molar-refractivity contribution is 5.86. The van der Waals surface area contributed by atoms with E-state index >= 15 is 0 Å². The summed E-state index contributed by atoms with van der Waals surface area (Å²) in [6.07, 6.45) is 4.26. The van der Waals surface area contributed by atoms with E-state index in [1.807, 2.05) is 6.92 Å². The quantitative estimate of drug-likeness (QED) is 0.0574. The molecule has 0 heterocycles. The van der Waals surface area contributed by atoms with Crippen LogP contribution in [-0.2, 0) is 33.5 Å². The van der Waals surface area contributed by atoms with E-state index < -0.39 is 0 Å². The van der Waals surface area contributed by atoms with Crippen LogP contribution in [0.4, 0.5) is 0 Å².